The summed E-state index contributed by atoms with van der Waals surface area (Å²) in [6.07, 6.45) is 5.20. The number of aryl methyl sites for hydroxylation is 2. The summed E-state index contributed by atoms with van der Waals surface area (Å²) in [4.78, 5) is 19.1. The minimum atomic E-state index is -0.0702. The van der Waals surface area contributed by atoms with Crippen LogP contribution in [0.15, 0.2) is 30.6 Å². The molecule has 0 unspecified atom stereocenters. The van der Waals surface area contributed by atoms with Crippen LogP contribution in [0.3, 0.4) is 0 Å². The Kier molecular flexibility index (Phi) is 4.58. The summed E-state index contributed by atoms with van der Waals surface area (Å²) in [5.41, 5.74) is 1.55. The lowest BCUT2D eigenvalue weighted by atomic mass is 10.1. The number of carbonyl (C=O) groups excluding carboxylic acids is 1. The molecule has 2 rings (SSSR count). The fourth-order valence-corrected chi connectivity index (χ4v) is 1.90. The monoisotopic (exact) mass is 277 g/mol. The molecule has 4 nitrogen and oxygen atoms in total. The van der Waals surface area contributed by atoms with Gasteiger partial charge in [0, 0.05) is 35.9 Å². The van der Waals surface area contributed by atoms with E-state index in [2.05, 4.69) is 15.3 Å². The van der Waals surface area contributed by atoms with Gasteiger partial charge in [-0.3, -0.25) is 4.79 Å². The summed E-state index contributed by atoms with van der Waals surface area (Å²) < 4.78 is 0. The summed E-state index contributed by atoms with van der Waals surface area (Å²) in [6.45, 7) is 2.51. The first-order chi connectivity index (χ1) is 9.16. The van der Waals surface area contributed by atoms with E-state index in [0.29, 0.717) is 17.1 Å². The van der Waals surface area contributed by atoms with Gasteiger partial charge in [-0.05, 0) is 37.1 Å². The molecule has 5 heteroatoms. The molecule has 100 valence electrons. The van der Waals surface area contributed by atoms with Gasteiger partial charge in [0.1, 0.15) is 5.82 Å². The highest BCUT2D eigenvalue weighted by Crippen LogP contribution is 2.16. The van der Waals surface area contributed by atoms with Crippen molar-refractivity contribution >= 4 is 17.5 Å². The van der Waals surface area contributed by atoms with Gasteiger partial charge in [0.15, 0.2) is 0 Å². The maximum atomic E-state index is 11.9. The molecule has 0 spiro atoms. The zero-order valence-corrected chi connectivity index (χ0v) is 11.5. The highest BCUT2D eigenvalue weighted by Gasteiger charge is 2.06. The van der Waals surface area contributed by atoms with E-state index >= 15 is 0 Å². The number of H-pyrrole nitrogens is 1. The van der Waals surface area contributed by atoms with Gasteiger partial charge in [-0.2, -0.15) is 0 Å². The Morgan fingerprint density at radius 3 is 3.00 bits per heavy atom. The van der Waals surface area contributed by atoms with Crippen molar-refractivity contribution in [3.63, 3.8) is 0 Å². The summed E-state index contributed by atoms with van der Waals surface area (Å²) in [5, 5.41) is 3.56. The summed E-state index contributed by atoms with van der Waals surface area (Å²) in [5.74, 6) is 0.871. The van der Waals surface area contributed by atoms with Crippen LogP contribution in [0.2, 0.25) is 5.02 Å². The standard InChI is InChI=1S/C14H16ClN3O/c1-10-9-11(4-5-12(10)15)14(19)18-6-2-3-13-16-7-8-17-13/h4-5,7-9H,2-3,6H2,1H3,(H,16,17)(H,18,19). The van der Waals surface area contributed by atoms with E-state index in [1.165, 1.54) is 0 Å². The maximum Gasteiger partial charge on any atom is 0.251 e. The molecule has 0 bridgehead atoms. The Hall–Kier alpha value is -1.81. The Balaban J connectivity index is 1.79. The van der Waals surface area contributed by atoms with Crippen molar-refractivity contribution in [2.24, 2.45) is 0 Å². The fourth-order valence-electron chi connectivity index (χ4n) is 1.78. The lowest BCUT2D eigenvalue weighted by molar-refractivity contribution is 0.0953. The van der Waals surface area contributed by atoms with Crippen molar-refractivity contribution in [1.29, 1.82) is 0 Å². The van der Waals surface area contributed by atoms with Crippen LogP contribution in [0, 0.1) is 6.92 Å². The normalized spacial score (nSPS) is 10.4. The van der Waals surface area contributed by atoms with Crippen LogP contribution >= 0.6 is 11.6 Å². The molecule has 0 aliphatic heterocycles. The van der Waals surface area contributed by atoms with Crippen LogP contribution in [0.5, 0.6) is 0 Å². The minimum Gasteiger partial charge on any atom is -0.352 e. The van der Waals surface area contributed by atoms with Crippen LogP contribution in [0.4, 0.5) is 0 Å². The smallest absolute Gasteiger partial charge is 0.251 e. The van der Waals surface area contributed by atoms with E-state index in [1.54, 1.807) is 30.6 Å². The highest BCUT2D eigenvalue weighted by molar-refractivity contribution is 6.31. The molecule has 1 heterocycles. The van der Waals surface area contributed by atoms with E-state index in [0.717, 1.165) is 24.2 Å². The average molecular weight is 278 g/mol. The lowest BCUT2D eigenvalue weighted by Gasteiger charge is -2.06. The van der Waals surface area contributed by atoms with Crippen molar-refractivity contribution in [1.82, 2.24) is 15.3 Å². The third-order valence-corrected chi connectivity index (χ3v) is 3.27. The number of carbonyl (C=O) groups is 1. The van der Waals surface area contributed by atoms with Gasteiger partial charge in [-0.15, -0.1) is 0 Å². The second-order valence-electron chi connectivity index (χ2n) is 4.36. The van der Waals surface area contributed by atoms with Crippen molar-refractivity contribution in [3.8, 4) is 0 Å². The number of amides is 1. The Morgan fingerprint density at radius 1 is 1.47 bits per heavy atom. The van der Waals surface area contributed by atoms with Crippen molar-refractivity contribution in [3.05, 3.63) is 52.6 Å². The minimum absolute atomic E-state index is 0.0702. The van der Waals surface area contributed by atoms with Crippen molar-refractivity contribution < 1.29 is 4.79 Å². The van der Waals surface area contributed by atoms with Crippen LogP contribution in [-0.2, 0) is 6.42 Å². The van der Waals surface area contributed by atoms with Gasteiger partial charge in [0.25, 0.3) is 5.91 Å². The molecule has 0 saturated carbocycles. The van der Waals surface area contributed by atoms with E-state index in [9.17, 15) is 4.79 Å². The second-order valence-corrected chi connectivity index (χ2v) is 4.77. The predicted molar refractivity (Wildman–Crippen MR) is 75.4 cm³/mol. The molecule has 1 aromatic heterocycles. The number of rotatable bonds is 5. The van der Waals surface area contributed by atoms with Crippen LogP contribution in [0.25, 0.3) is 0 Å². The van der Waals surface area contributed by atoms with Crippen LogP contribution in [-0.4, -0.2) is 22.4 Å². The molecular formula is C14H16ClN3O. The molecule has 0 aliphatic rings. The topological polar surface area (TPSA) is 57.8 Å². The summed E-state index contributed by atoms with van der Waals surface area (Å²) in [6, 6.07) is 5.27. The number of nitrogens with one attached hydrogen (secondary N) is 2. The summed E-state index contributed by atoms with van der Waals surface area (Å²) in [7, 11) is 0. The quantitative estimate of drug-likeness (QED) is 0.826. The van der Waals surface area contributed by atoms with Crippen LogP contribution in [0.1, 0.15) is 28.2 Å². The van der Waals surface area contributed by atoms with Gasteiger partial charge in [0.2, 0.25) is 0 Å². The zero-order valence-electron chi connectivity index (χ0n) is 10.7. The average Bonchev–Trinajstić information content (AvgIpc) is 2.91. The van der Waals surface area contributed by atoms with E-state index in [-0.39, 0.29) is 5.91 Å². The molecule has 19 heavy (non-hydrogen) atoms. The van der Waals surface area contributed by atoms with E-state index in [1.807, 2.05) is 6.92 Å². The molecule has 1 aromatic carbocycles. The highest BCUT2D eigenvalue weighted by atomic mass is 35.5. The number of imidazole rings is 1. The Morgan fingerprint density at radius 2 is 2.32 bits per heavy atom. The Labute approximate surface area is 117 Å². The van der Waals surface area contributed by atoms with Crippen molar-refractivity contribution in [2.75, 3.05) is 6.54 Å². The molecule has 0 saturated heterocycles. The maximum absolute atomic E-state index is 11.9. The largest absolute Gasteiger partial charge is 0.352 e. The number of halogens is 1. The first-order valence-corrected chi connectivity index (χ1v) is 6.57. The van der Waals surface area contributed by atoms with Gasteiger partial charge < -0.3 is 10.3 Å². The second kappa shape index (κ2) is 6.38. The third kappa shape index (κ3) is 3.83. The molecule has 0 radical (unpaired) electrons. The van der Waals surface area contributed by atoms with E-state index in [4.69, 9.17) is 11.6 Å². The fraction of sp³-hybridized carbons (Fsp3) is 0.286. The first-order valence-electron chi connectivity index (χ1n) is 6.19. The molecule has 0 fully saturated rings. The van der Waals surface area contributed by atoms with Crippen LogP contribution < -0.4 is 5.32 Å². The molecular weight excluding hydrogens is 262 g/mol. The number of nitrogens with zero attached hydrogens (tertiary/aromatic N) is 1. The third-order valence-electron chi connectivity index (χ3n) is 2.85. The SMILES string of the molecule is Cc1cc(C(=O)NCCCc2ncc[nH]2)ccc1Cl. The van der Waals surface area contributed by atoms with Crippen molar-refractivity contribution in [2.45, 2.75) is 19.8 Å². The Bertz CT molecular complexity index is 552. The number of hydrogen-bond donors (Lipinski definition) is 2. The summed E-state index contributed by atoms with van der Waals surface area (Å²) >= 11 is 5.93. The van der Waals surface area contributed by atoms with Gasteiger partial charge >= 0.3 is 0 Å². The van der Waals surface area contributed by atoms with Gasteiger partial charge in [-0.25, -0.2) is 4.98 Å². The number of hydrogen-bond acceptors (Lipinski definition) is 2. The molecule has 0 aliphatic carbocycles. The molecule has 0 atom stereocenters. The zero-order chi connectivity index (χ0) is 13.7. The number of benzene rings is 1. The molecule has 2 aromatic rings. The number of aromatic nitrogens is 2. The first kappa shape index (κ1) is 13.6. The molecule has 2 N–H and O–H groups in total. The predicted octanol–water partition coefficient (Wildman–Crippen LogP) is 2.73. The number of aromatic amines is 1. The van der Waals surface area contributed by atoms with Gasteiger partial charge in [0.05, 0.1) is 0 Å². The van der Waals surface area contributed by atoms with Gasteiger partial charge in [-0.1, -0.05) is 11.6 Å². The lowest BCUT2D eigenvalue weighted by Crippen LogP contribution is -2.24. The van der Waals surface area contributed by atoms with E-state index < -0.39 is 0 Å². The molecule has 1 amide bonds.